The Balaban J connectivity index is 1.41. The van der Waals surface area contributed by atoms with E-state index < -0.39 is 0 Å². The van der Waals surface area contributed by atoms with Crippen LogP contribution in [-0.4, -0.2) is 42.2 Å². The van der Waals surface area contributed by atoms with E-state index in [1.165, 1.54) is 0 Å². The molecule has 0 aromatic carbocycles. The fraction of sp³-hybridized carbons (Fsp3) is 0.417. The van der Waals surface area contributed by atoms with E-state index in [0.717, 1.165) is 70.2 Å². The van der Waals surface area contributed by atoms with Crippen LogP contribution in [-0.2, 0) is 7.05 Å². The average Bonchev–Trinajstić information content (AvgIpc) is 3.41. The van der Waals surface area contributed by atoms with Crippen molar-refractivity contribution in [3.63, 3.8) is 0 Å². The highest BCUT2D eigenvalue weighted by atomic mass is 79.9. The predicted molar refractivity (Wildman–Crippen MR) is 132 cm³/mol. The molecule has 1 saturated carbocycles. The van der Waals surface area contributed by atoms with Gasteiger partial charge in [0.15, 0.2) is 0 Å². The van der Waals surface area contributed by atoms with Gasteiger partial charge in [0.25, 0.3) is 0 Å². The molecule has 4 heterocycles. The number of aryl methyl sites for hydroxylation is 2. The topological polar surface area (TPSA) is 82.7 Å². The zero-order chi connectivity index (χ0) is 22.9. The van der Waals surface area contributed by atoms with E-state index in [2.05, 4.69) is 60.9 Å². The standard InChI is InChI=1S/C24H28BrN7O/c1-4-26-21-11-20-19(13-28-21)23(16-12-29-31(3)14-16)30-32(20)17-5-7-18(8-6-17)33-24-22(25)15(2)9-10-27-24/h9-14,17-18H,4-8H2,1-3H3,(H,26,28). The first-order chi connectivity index (χ1) is 16.0. The SMILES string of the molecule is CCNc1cc2c(cn1)c(-c1cnn(C)c1)nn2C1CCC(Oc2nccc(C)c2Br)CC1. The van der Waals surface area contributed by atoms with Gasteiger partial charge < -0.3 is 10.1 Å². The lowest BCUT2D eigenvalue weighted by atomic mass is 9.93. The first-order valence-electron chi connectivity index (χ1n) is 11.4. The Bertz CT molecular complexity index is 1270. The summed E-state index contributed by atoms with van der Waals surface area (Å²) in [5.41, 5.74) is 4.17. The Morgan fingerprint density at radius 2 is 2.00 bits per heavy atom. The van der Waals surface area contributed by atoms with Gasteiger partial charge >= 0.3 is 0 Å². The third kappa shape index (κ3) is 4.34. The molecule has 0 bridgehead atoms. The minimum Gasteiger partial charge on any atom is -0.474 e. The van der Waals surface area contributed by atoms with Crippen LogP contribution < -0.4 is 10.1 Å². The smallest absolute Gasteiger partial charge is 0.228 e. The molecule has 4 aromatic rings. The first kappa shape index (κ1) is 21.9. The van der Waals surface area contributed by atoms with Gasteiger partial charge in [-0.15, -0.1) is 0 Å². The Morgan fingerprint density at radius 3 is 2.73 bits per heavy atom. The van der Waals surface area contributed by atoms with E-state index in [4.69, 9.17) is 9.84 Å². The maximum Gasteiger partial charge on any atom is 0.228 e. The Hall–Kier alpha value is -2.94. The molecule has 9 heteroatoms. The van der Waals surface area contributed by atoms with Gasteiger partial charge in [-0.3, -0.25) is 9.36 Å². The zero-order valence-corrected chi connectivity index (χ0v) is 20.7. The minimum absolute atomic E-state index is 0.158. The van der Waals surface area contributed by atoms with Crippen LogP contribution in [0.4, 0.5) is 5.82 Å². The molecule has 8 nitrogen and oxygen atoms in total. The highest BCUT2D eigenvalue weighted by molar-refractivity contribution is 9.10. The molecule has 0 amide bonds. The monoisotopic (exact) mass is 509 g/mol. The van der Waals surface area contributed by atoms with Crippen LogP contribution in [0.2, 0.25) is 0 Å². The summed E-state index contributed by atoms with van der Waals surface area (Å²) in [7, 11) is 1.92. The number of nitrogens with one attached hydrogen (secondary N) is 1. The number of fused-ring (bicyclic) bond motifs is 1. The molecule has 4 aromatic heterocycles. The van der Waals surface area contributed by atoms with Crippen LogP contribution in [0.15, 0.2) is 41.4 Å². The molecule has 0 aliphatic heterocycles. The third-order valence-electron chi connectivity index (χ3n) is 6.25. The summed E-state index contributed by atoms with van der Waals surface area (Å²) in [5, 5.41) is 13.8. The maximum atomic E-state index is 6.25. The van der Waals surface area contributed by atoms with Gasteiger partial charge in [-0.05, 0) is 67.1 Å². The van der Waals surface area contributed by atoms with Gasteiger partial charge in [-0.25, -0.2) is 9.97 Å². The second kappa shape index (κ2) is 9.13. The summed E-state index contributed by atoms with van der Waals surface area (Å²) in [5.74, 6) is 1.56. The molecule has 1 aliphatic carbocycles. The lowest BCUT2D eigenvalue weighted by molar-refractivity contribution is 0.125. The van der Waals surface area contributed by atoms with E-state index in [0.29, 0.717) is 11.9 Å². The van der Waals surface area contributed by atoms with Crippen molar-refractivity contribution in [2.45, 2.75) is 51.7 Å². The van der Waals surface area contributed by atoms with Gasteiger partial charge in [0.2, 0.25) is 5.88 Å². The van der Waals surface area contributed by atoms with Crippen molar-refractivity contribution < 1.29 is 4.74 Å². The van der Waals surface area contributed by atoms with E-state index in [1.807, 2.05) is 31.7 Å². The Labute approximate surface area is 201 Å². The van der Waals surface area contributed by atoms with Gasteiger partial charge in [-0.1, -0.05) is 0 Å². The molecule has 0 unspecified atom stereocenters. The molecule has 0 spiro atoms. The number of aromatic nitrogens is 6. The predicted octanol–water partition coefficient (Wildman–Crippen LogP) is 5.29. The molecule has 0 atom stereocenters. The number of ether oxygens (including phenoxy) is 1. The summed E-state index contributed by atoms with van der Waals surface area (Å²) in [6.45, 7) is 4.95. The Kier molecular flexibility index (Phi) is 6.05. The van der Waals surface area contributed by atoms with E-state index in [-0.39, 0.29) is 6.10 Å². The van der Waals surface area contributed by atoms with Crippen LogP contribution in [0.3, 0.4) is 0 Å². The number of pyridine rings is 2. The van der Waals surface area contributed by atoms with Crippen molar-refractivity contribution in [2.24, 2.45) is 7.05 Å². The third-order valence-corrected chi connectivity index (χ3v) is 7.21. The van der Waals surface area contributed by atoms with Crippen LogP contribution in [0, 0.1) is 6.92 Å². The van der Waals surface area contributed by atoms with Crippen LogP contribution in [0.1, 0.15) is 44.2 Å². The fourth-order valence-electron chi connectivity index (χ4n) is 4.51. The second-order valence-corrected chi connectivity index (χ2v) is 9.40. The van der Waals surface area contributed by atoms with Gasteiger partial charge in [0.05, 0.1) is 22.2 Å². The minimum atomic E-state index is 0.158. The maximum absolute atomic E-state index is 6.25. The average molecular weight is 510 g/mol. The van der Waals surface area contributed by atoms with Gasteiger partial charge in [0, 0.05) is 49.2 Å². The second-order valence-electron chi connectivity index (χ2n) is 8.61. The number of nitrogens with zero attached hydrogens (tertiary/aromatic N) is 6. The number of rotatable bonds is 6. The number of hydrogen-bond acceptors (Lipinski definition) is 6. The molecule has 1 fully saturated rings. The van der Waals surface area contributed by atoms with Crippen molar-refractivity contribution in [3.05, 3.63) is 47.0 Å². The summed E-state index contributed by atoms with van der Waals surface area (Å²) < 4.78 is 11.2. The highest BCUT2D eigenvalue weighted by Crippen LogP contribution is 2.37. The normalized spacial score (nSPS) is 18.5. The molecule has 0 radical (unpaired) electrons. The number of halogens is 1. The highest BCUT2D eigenvalue weighted by Gasteiger charge is 2.27. The van der Waals surface area contributed by atoms with Crippen LogP contribution >= 0.6 is 15.9 Å². The molecule has 1 aliphatic rings. The summed E-state index contributed by atoms with van der Waals surface area (Å²) in [6, 6.07) is 4.40. The molecular weight excluding hydrogens is 482 g/mol. The lowest BCUT2D eigenvalue weighted by Gasteiger charge is -2.29. The van der Waals surface area contributed by atoms with Gasteiger partial charge in [-0.2, -0.15) is 10.2 Å². The Morgan fingerprint density at radius 1 is 1.18 bits per heavy atom. The van der Waals surface area contributed by atoms with Crippen molar-refractivity contribution >= 4 is 32.7 Å². The quantitative estimate of drug-likeness (QED) is 0.380. The van der Waals surface area contributed by atoms with Gasteiger partial charge in [0.1, 0.15) is 17.6 Å². The van der Waals surface area contributed by atoms with Crippen LogP contribution in [0.5, 0.6) is 5.88 Å². The zero-order valence-electron chi connectivity index (χ0n) is 19.1. The van der Waals surface area contributed by atoms with Crippen molar-refractivity contribution in [3.8, 4) is 17.1 Å². The van der Waals surface area contributed by atoms with Crippen LogP contribution in [0.25, 0.3) is 22.2 Å². The lowest BCUT2D eigenvalue weighted by Crippen LogP contribution is -2.26. The molecule has 0 saturated heterocycles. The van der Waals surface area contributed by atoms with Crippen molar-refractivity contribution in [1.29, 1.82) is 0 Å². The molecular formula is C24H28BrN7O. The number of hydrogen-bond donors (Lipinski definition) is 1. The first-order valence-corrected chi connectivity index (χ1v) is 12.2. The molecule has 172 valence electrons. The molecule has 1 N–H and O–H groups in total. The summed E-state index contributed by atoms with van der Waals surface area (Å²) in [6.07, 6.45) is 11.7. The summed E-state index contributed by atoms with van der Waals surface area (Å²) in [4.78, 5) is 9.01. The van der Waals surface area contributed by atoms with E-state index in [9.17, 15) is 0 Å². The fourth-order valence-corrected chi connectivity index (χ4v) is 4.84. The molecule has 33 heavy (non-hydrogen) atoms. The molecule has 5 rings (SSSR count). The number of anilines is 1. The van der Waals surface area contributed by atoms with E-state index >= 15 is 0 Å². The summed E-state index contributed by atoms with van der Waals surface area (Å²) >= 11 is 3.61. The largest absolute Gasteiger partial charge is 0.474 e. The van der Waals surface area contributed by atoms with Crippen molar-refractivity contribution in [1.82, 2.24) is 29.5 Å². The van der Waals surface area contributed by atoms with Crippen molar-refractivity contribution in [2.75, 3.05) is 11.9 Å². The van der Waals surface area contributed by atoms with E-state index in [1.54, 1.807) is 10.9 Å².